The zero-order valence-electron chi connectivity index (χ0n) is 13.9. The molecule has 1 aromatic carbocycles. The van der Waals surface area contributed by atoms with Crippen molar-refractivity contribution in [3.8, 4) is 0 Å². The van der Waals surface area contributed by atoms with Gasteiger partial charge in [-0.25, -0.2) is 9.78 Å². The largest absolute Gasteiger partial charge is 0.478 e. The first-order valence-corrected chi connectivity index (χ1v) is 9.10. The van der Waals surface area contributed by atoms with Crippen molar-refractivity contribution in [1.82, 2.24) is 9.88 Å². The number of oxime groups is 1. The second-order valence-electron chi connectivity index (χ2n) is 5.86. The molecule has 1 aliphatic rings. The van der Waals surface area contributed by atoms with Gasteiger partial charge in [0, 0.05) is 43.0 Å². The van der Waals surface area contributed by atoms with Crippen LogP contribution in [0.25, 0.3) is 0 Å². The van der Waals surface area contributed by atoms with Crippen molar-refractivity contribution in [3.63, 3.8) is 0 Å². The lowest BCUT2D eigenvalue weighted by atomic mass is 10.1. The van der Waals surface area contributed by atoms with E-state index in [9.17, 15) is 10.0 Å². The number of amidine groups is 1. The number of aromatic nitrogens is 1. The third-order valence-corrected chi connectivity index (χ3v) is 5.05. The van der Waals surface area contributed by atoms with Gasteiger partial charge >= 0.3 is 5.97 Å². The Morgan fingerprint density at radius 1 is 1.07 bits per heavy atom. The van der Waals surface area contributed by atoms with E-state index in [2.05, 4.69) is 10.1 Å². The van der Waals surface area contributed by atoms with Gasteiger partial charge in [0.05, 0.1) is 15.6 Å². The average Bonchev–Trinajstić information content (AvgIpc) is 2.65. The molecule has 2 heterocycles. The van der Waals surface area contributed by atoms with Crippen molar-refractivity contribution in [2.75, 3.05) is 31.1 Å². The quantitative estimate of drug-likeness (QED) is 0.335. The molecule has 1 aliphatic heterocycles. The van der Waals surface area contributed by atoms with Crippen molar-refractivity contribution in [3.05, 3.63) is 56.7 Å². The van der Waals surface area contributed by atoms with Gasteiger partial charge in [0.25, 0.3) is 0 Å². The van der Waals surface area contributed by atoms with E-state index in [1.165, 1.54) is 12.3 Å². The molecule has 0 spiro atoms. The summed E-state index contributed by atoms with van der Waals surface area (Å²) in [5.41, 5.74) is 0.578. The van der Waals surface area contributed by atoms with Crippen LogP contribution in [0.5, 0.6) is 0 Å². The van der Waals surface area contributed by atoms with Crippen LogP contribution in [0, 0.1) is 0 Å². The first-order chi connectivity index (χ1) is 12.9. The summed E-state index contributed by atoms with van der Waals surface area (Å²) in [4.78, 5) is 19.0. The number of nitrogens with zero attached hydrogens (tertiary/aromatic N) is 4. The van der Waals surface area contributed by atoms with E-state index in [4.69, 9.17) is 39.9 Å². The Labute approximate surface area is 170 Å². The number of hydrogen-bond donors (Lipinski definition) is 2. The Hall–Kier alpha value is -2.22. The van der Waals surface area contributed by atoms with Crippen LogP contribution in [-0.2, 0) is 0 Å². The van der Waals surface area contributed by atoms with E-state index >= 15 is 0 Å². The molecule has 10 heteroatoms. The van der Waals surface area contributed by atoms with Crippen molar-refractivity contribution >= 4 is 52.4 Å². The number of carboxylic acids is 1. The van der Waals surface area contributed by atoms with Gasteiger partial charge in [-0.15, -0.1) is 0 Å². The zero-order chi connectivity index (χ0) is 19.6. The van der Waals surface area contributed by atoms with Crippen LogP contribution < -0.4 is 4.90 Å². The van der Waals surface area contributed by atoms with Crippen LogP contribution in [0.2, 0.25) is 15.1 Å². The van der Waals surface area contributed by atoms with Crippen LogP contribution in [-0.4, -0.2) is 58.2 Å². The summed E-state index contributed by atoms with van der Waals surface area (Å²) < 4.78 is 0. The van der Waals surface area contributed by atoms with Crippen LogP contribution in [0.1, 0.15) is 15.9 Å². The summed E-state index contributed by atoms with van der Waals surface area (Å²) in [6.45, 7) is 2.16. The van der Waals surface area contributed by atoms with Gasteiger partial charge in [-0.1, -0.05) is 40.0 Å². The molecule has 2 N–H and O–H groups in total. The Kier molecular flexibility index (Phi) is 5.94. The van der Waals surface area contributed by atoms with Crippen molar-refractivity contribution in [2.24, 2.45) is 5.16 Å². The SMILES string of the molecule is O=C(O)c1cnc(N2CCN(/C(=N\O)c3cc(Cl)ccc3Cl)CC2)c(Cl)c1. The molecule has 0 amide bonds. The third kappa shape index (κ3) is 4.21. The summed E-state index contributed by atoms with van der Waals surface area (Å²) in [6, 6.07) is 6.34. The number of benzene rings is 1. The minimum absolute atomic E-state index is 0.0349. The smallest absolute Gasteiger partial charge is 0.337 e. The summed E-state index contributed by atoms with van der Waals surface area (Å²) in [5, 5.41) is 23.1. The van der Waals surface area contributed by atoms with E-state index < -0.39 is 5.97 Å². The molecular formula is C17H15Cl3N4O3. The van der Waals surface area contributed by atoms with Gasteiger partial charge in [0.15, 0.2) is 5.84 Å². The fraction of sp³-hybridized carbons (Fsp3) is 0.235. The van der Waals surface area contributed by atoms with Crippen LogP contribution in [0.15, 0.2) is 35.6 Å². The minimum atomic E-state index is -1.08. The molecule has 3 rings (SSSR count). The number of carboxylic acid groups (broad SMARTS) is 1. The number of pyridine rings is 1. The number of piperazine rings is 1. The van der Waals surface area contributed by atoms with E-state index in [0.717, 1.165) is 0 Å². The van der Waals surface area contributed by atoms with Crippen LogP contribution in [0.4, 0.5) is 5.82 Å². The maximum atomic E-state index is 11.0. The molecule has 0 radical (unpaired) electrons. The predicted octanol–water partition coefficient (Wildman–Crippen LogP) is 3.70. The number of carbonyl (C=O) groups is 1. The molecule has 7 nitrogen and oxygen atoms in total. The van der Waals surface area contributed by atoms with Crippen molar-refractivity contribution < 1.29 is 15.1 Å². The number of hydrogen-bond acceptors (Lipinski definition) is 5. The molecule has 0 atom stereocenters. The molecule has 1 aromatic heterocycles. The number of halogens is 3. The first kappa shape index (κ1) is 19.5. The predicted molar refractivity (Wildman–Crippen MR) is 105 cm³/mol. The molecule has 2 aromatic rings. The molecule has 1 fully saturated rings. The fourth-order valence-electron chi connectivity index (χ4n) is 2.87. The van der Waals surface area contributed by atoms with Gasteiger partial charge in [-0.2, -0.15) is 0 Å². The van der Waals surface area contributed by atoms with E-state index in [1.54, 1.807) is 18.2 Å². The van der Waals surface area contributed by atoms with Crippen molar-refractivity contribution in [2.45, 2.75) is 0 Å². The van der Waals surface area contributed by atoms with Gasteiger partial charge < -0.3 is 20.1 Å². The van der Waals surface area contributed by atoms with Crippen molar-refractivity contribution in [1.29, 1.82) is 0 Å². The normalized spacial score (nSPS) is 15.1. The van der Waals surface area contributed by atoms with Crippen LogP contribution in [0.3, 0.4) is 0 Å². The Bertz CT molecular complexity index is 899. The molecule has 0 bridgehead atoms. The second-order valence-corrected chi connectivity index (χ2v) is 7.11. The minimum Gasteiger partial charge on any atom is -0.478 e. The van der Waals surface area contributed by atoms with Crippen LogP contribution >= 0.6 is 34.8 Å². The number of aromatic carboxylic acids is 1. The van der Waals surface area contributed by atoms with E-state index in [0.29, 0.717) is 53.4 Å². The monoisotopic (exact) mass is 428 g/mol. The standard InChI is InChI=1S/C17H15Cl3N4O3/c18-11-1-2-13(19)12(8-11)15(22-27)23-3-5-24(6-4-23)16-14(20)7-10(9-21-16)17(25)26/h1-2,7-9,27H,3-6H2,(H,25,26)/b22-15-. The summed E-state index contributed by atoms with van der Waals surface area (Å²) >= 11 is 18.4. The highest BCUT2D eigenvalue weighted by Gasteiger charge is 2.25. The molecule has 0 unspecified atom stereocenters. The summed E-state index contributed by atoms with van der Waals surface area (Å²) in [6.07, 6.45) is 1.28. The summed E-state index contributed by atoms with van der Waals surface area (Å²) in [5.74, 6) is -0.227. The Balaban J connectivity index is 1.75. The highest BCUT2D eigenvalue weighted by molar-refractivity contribution is 6.36. The third-order valence-electron chi connectivity index (χ3n) is 4.21. The summed E-state index contributed by atoms with van der Waals surface area (Å²) in [7, 11) is 0. The molecular weight excluding hydrogens is 415 g/mol. The lowest BCUT2D eigenvalue weighted by Crippen LogP contribution is -2.49. The number of rotatable bonds is 3. The van der Waals surface area contributed by atoms with Gasteiger partial charge in [-0.3, -0.25) is 0 Å². The molecule has 142 valence electrons. The topological polar surface area (TPSA) is 89.3 Å². The highest BCUT2D eigenvalue weighted by atomic mass is 35.5. The number of anilines is 1. The lowest BCUT2D eigenvalue weighted by Gasteiger charge is -2.37. The maximum Gasteiger partial charge on any atom is 0.337 e. The highest BCUT2D eigenvalue weighted by Crippen LogP contribution is 2.27. The molecule has 27 heavy (non-hydrogen) atoms. The van der Waals surface area contributed by atoms with Gasteiger partial charge in [0.2, 0.25) is 0 Å². The Morgan fingerprint density at radius 2 is 1.78 bits per heavy atom. The van der Waals surface area contributed by atoms with E-state index in [1.807, 2.05) is 9.80 Å². The molecule has 1 saturated heterocycles. The fourth-order valence-corrected chi connectivity index (χ4v) is 3.53. The first-order valence-electron chi connectivity index (χ1n) is 7.97. The lowest BCUT2D eigenvalue weighted by molar-refractivity contribution is 0.0696. The second kappa shape index (κ2) is 8.21. The molecule has 0 aliphatic carbocycles. The zero-order valence-corrected chi connectivity index (χ0v) is 16.2. The average molecular weight is 430 g/mol. The molecule has 0 saturated carbocycles. The van der Waals surface area contributed by atoms with Gasteiger partial charge in [-0.05, 0) is 24.3 Å². The van der Waals surface area contributed by atoms with Gasteiger partial charge in [0.1, 0.15) is 5.82 Å². The Morgan fingerprint density at radius 3 is 2.37 bits per heavy atom. The maximum absolute atomic E-state index is 11.0. The van der Waals surface area contributed by atoms with E-state index in [-0.39, 0.29) is 10.6 Å².